The molecule has 0 aliphatic carbocycles. The van der Waals surface area contributed by atoms with Crippen LogP contribution < -0.4 is 10.5 Å². The molecule has 1 heterocycles. The summed E-state index contributed by atoms with van der Waals surface area (Å²) >= 11 is 4.82. The molecule has 0 saturated heterocycles. The van der Waals surface area contributed by atoms with E-state index >= 15 is 0 Å². The maximum absolute atomic E-state index is 12.2. The lowest BCUT2D eigenvalue weighted by atomic mass is 10.1. The number of hydrogen-bond acceptors (Lipinski definition) is 4. The molecule has 0 aliphatic heterocycles. The molecule has 0 saturated carbocycles. The van der Waals surface area contributed by atoms with Gasteiger partial charge in [0.2, 0.25) is 10.0 Å². The van der Waals surface area contributed by atoms with Crippen LogP contribution >= 0.6 is 12.2 Å². The number of aromatic amines is 1. The van der Waals surface area contributed by atoms with E-state index in [1.807, 2.05) is 6.92 Å². The minimum Gasteiger partial charge on any atom is -0.393 e. The molecule has 0 amide bonds. The Balaban J connectivity index is 2.08. The van der Waals surface area contributed by atoms with Crippen molar-refractivity contribution in [2.24, 2.45) is 5.73 Å². The molecule has 2 aromatic rings. The van der Waals surface area contributed by atoms with Crippen LogP contribution in [0.4, 0.5) is 0 Å². The highest BCUT2D eigenvalue weighted by atomic mass is 32.2. The highest BCUT2D eigenvalue weighted by Gasteiger charge is 2.14. The van der Waals surface area contributed by atoms with Gasteiger partial charge < -0.3 is 5.73 Å². The zero-order valence-corrected chi connectivity index (χ0v) is 13.1. The second-order valence-electron chi connectivity index (χ2n) is 4.63. The number of nitrogens with two attached hydrogens (primary N) is 1. The summed E-state index contributed by atoms with van der Waals surface area (Å²) in [5.74, 6) is 0. The van der Waals surface area contributed by atoms with E-state index in [-0.39, 0.29) is 11.4 Å². The number of nitrogens with zero attached hydrogens (tertiary/aromatic N) is 1. The molecule has 0 radical (unpaired) electrons. The first-order valence-electron chi connectivity index (χ1n) is 6.24. The van der Waals surface area contributed by atoms with Crippen molar-refractivity contribution in [3.63, 3.8) is 0 Å². The van der Waals surface area contributed by atoms with Crippen molar-refractivity contribution in [2.45, 2.75) is 24.8 Å². The summed E-state index contributed by atoms with van der Waals surface area (Å²) in [5, 5.41) is 6.61. The van der Waals surface area contributed by atoms with E-state index in [1.54, 1.807) is 18.3 Å². The monoisotopic (exact) mass is 324 g/mol. The molecule has 0 unspecified atom stereocenters. The van der Waals surface area contributed by atoms with Crippen molar-refractivity contribution in [1.82, 2.24) is 14.9 Å². The average Bonchev–Trinajstić information content (AvgIpc) is 2.82. The van der Waals surface area contributed by atoms with E-state index < -0.39 is 10.0 Å². The van der Waals surface area contributed by atoms with Gasteiger partial charge in [0.05, 0.1) is 16.1 Å². The Morgan fingerprint density at radius 3 is 2.57 bits per heavy atom. The van der Waals surface area contributed by atoms with Gasteiger partial charge in [0.15, 0.2) is 0 Å². The van der Waals surface area contributed by atoms with Crippen LogP contribution in [0.5, 0.6) is 0 Å². The molecule has 0 bridgehead atoms. The van der Waals surface area contributed by atoms with Crippen LogP contribution in [0.25, 0.3) is 0 Å². The number of H-pyrrole nitrogens is 1. The Kier molecular flexibility index (Phi) is 4.71. The molecule has 0 fully saturated rings. The minimum absolute atomic E-state index is 0.194. The topological polar surface area (TPSA) is 101 Å². The smallest absolute Gasteiger partial charge is 0.240 e. The lowest BCUT2D eigenvalue weighted by molar-refractivity contribution is 0.581. The molecule has 2 rings (SSSR count). The van der Waals surface area contributed by atoms with Crippen molar-refractivity contribution < 1.29 is 8.42 Å². The third-order valence-electron chi connectivity index (χ3n) is 3.00. The van der Waals surface area contributed by atoms with Gasteiger partial charge in [0, 0.05) is 24.2 Å². The van der Waals surface area contributed by atoms with Crippen molar-refractivity contribution in [3.05, 3.63) is 47.3 Å². The van der Waals surface area contributed by atoms with Gasteiger partial charge in [0.25, 0.3) is 0 Å². The summed E-state index contributed by atoms with van der Waals surface area (Å²) in [6.45, 7) is 2.03. The summed E-state index contributed by atoms with van der Waals surface area (Å²) in [5.41, 5.74) is 7.98. The van der Waals surface area contributed by atoms with Crippen molar-refractivity contribution in [3.8, 4) is 0 Å². The predicted molar refractivity (Wildman–Crippen MR) is 84.3 cm³/mol. The van der Waals surface area contributed by atoms with E-state index in [4.69, 9.17) is 18.0 Å². The quantitative estimate of drug-likeness (QED) is 0.689. The normalized spacial score (nSPS) is 11.5. The summed E-state index contributed by atoms with van der Waals surface area (Å²) in [4.78, 5) is 0.578. The first-order valence-corrected chi connectivity index (χ1v) is 8.13. The lowest BCUT2D eigenvalue weighted by Crippen LogP contribution is -2.23. The molecule has 6 nitrogen and oxygen atoms in total. The van der Waals surface area contributed by atoms with Gasteiger partial charge in [-0.2, -0.15) is 5.10 Å². The Hall–Kier alpha value is -1.77. The number of benzene rings is 1. The van der Waals surface area contributed by atoms with Gasteiger partial charge in [-0.05, 0) is 24.6 Å². The van der Waals surface area contributed by atoms with Crippen LogP contribution in [0.1, 0.15) is 16.8 Å². The zero-order chi connectivity index (χ0) is 15.5. The van der Waals surface area contributed by atoms with E-state index in [2.05, 4.69) is 14.9 Å². The highest BCUT2D eigenvalue weighted by molar-refractivity contribution is 7.89. The Labute approximate surface area is 128 Å². The maximum Gasteiger partial charge on any atom is 0.240 e. The third-order valence-corrected chi connectivity index (χ3v) is 4.56. The summed E-state index contributed by atoms with van der Waals surface area (Å²) in [6, 6.07) is 6.49. The molecule has 8 heteroatoms. The van der Waals surface area contributed by atoms with Crippen LogP contribution in [-0.4, -0.2) is 23.6 Å². The van der Waals surface area contributed by atoms with Crippen LogP contribution in [0, 0.1) is 6.92 Å². The van der Waals surface area contributed by atoms with Crippen LogP contribution in [0.2, 0.25) is 0 Å². The molecule has 1 aromatic heterocycles. The van der Waals surface area contributed by atoms with Gasteiger partial charge in [-0.25, -0.2) is 13.1 Å². The second kappa shape index (κ2) is 6.33. The number of aryl methyl sites for hydroxylation is 1. The fraction of sp³-hybridized carbons (Fsp3) is 0.231. The number of aromatic nitrogens is 2. The fourth-order valence-electron chi connectivity index (χ4n) is 1.80. The van der Waals surface area contributed by atoms with Crippen LogP contribution in [0.15, 0.2) is 35.4 Å². The number of sulfonamides is 1. The average molecular weight is 324 g/mol. The summed E-state index contributed by atoms with van der Waals surface area (Å²) in [7, 11) is -3.55. The Morgan fingerprint density at radius 1 is 1.38 bits per heavy atom. The summed E-state index contributed by atoms with van der Waals surface area (Å²) in [6.07, 6.45) is 2.06. The maximum atomic E-state index is 12.2. The molecule has 4 N–H and O–H groups in total. The molecule has 112 valence electrons. The number of hydrogen-bond donors (Lipinski definition) is 3. The van der Waals surface area contributed by atoms with Crippen molar-refractivity contribution in [1.29, 1.82) is 0 Å². The predicted octanol–water partition coefficient (Wildman–Crippen LogP) is 1.03. The third kappa shape index (κ3) is 4.10. The molecule has 0 atom stereocenters. The van der Waals surface area contributed by atoms with Crippen LogP contribution in [0.3, 0.4) is 0 Å². The van der Waals surface area contributed by atoms with Gasteiger partial charge >= 0.3 is 0 Å². The second-order valence-corrected chi connectivity index (χ2v) is 6.92. The molecular formula is C13H16N4O2S2. The fourth-order valence-corrected chi connectivity index (χ4v) is 2.97. The zero-order valence-electron chi connectivity index (χ0n) is 11.5. The Bertz CT molecular complexity index is 736. The van der Waals surface area contributed by atoms with Gasteiger partial charge in [0.1, 0.15) is 0 Å². The number of rotatable bonds is 6. The first-order chi connectivity index (χ1) is 9.88. The molecule has 0 spiro atoms. The van der Waals surface area contributed by atoms with Gasteiger partial charge in [-0.3, -0.25) is 5.10 Å². The molecule has 1 aromatic carbocycles. The Morgan fingerprint density at radius 2 is 2.05 bits per heavy atom. The minimum atomic E-state index is -3.55. The lowest BCUT2D eigenvalue weighted by Gasteiger charge is -2.07. The molecule has 0 aliphatic rings. The van der Waals surface area contributed by atoms with Gasteiger partial charge in [-0.15, -0.1) is 0 Å². The standard InChI is InChI=1S/C13H16N4O2S2/c1-9-11(7-15-17-9)8-16-21(18,19)12-4-2-10(3-5-12)6-13(14)20/h2-5,7,16H,6,8H2,1H3,(H2,14,20)(H,15,17). The highest BCUT2D eigenvalue weighted by Crippen LogP contribution is 2.12. The van der Waals surface area contributed by atoms with Gasteiger partial charge in [-0.1, -0.05) is 24.4 Å². The van der Waals surface area contributed by atoms with E-state index in [0.29, 0.717) is 11.4 Å². The van der Waals surface area contributed by atoms with E-state index in [1.165, 1.54) is 12.1 Å². The number of nitrogens with one attached hydrogen (secondary N) is 2. The van der Waals surface area contributed by atoms with E-state index in [0.717, 1.165) is 16.8 Å². The SMILES string of the molecule is Cc1[nH]ncc1CNS(=O)(=O)c1ccc(CC(N)=S)cc1. The molecular weight excluding hydrogens is 308 g/mol. The first kappa shape index (κ1) is 15.6. The largest absolute Gasteiger partial charge is 0.393 e. The van der Waals surface area contributed by atoms with E-state index in [9.17, 15) is 8.42 Å². The molecule has 21 heavy (non-hydrogen) atoms. The van der Waals surface area contributed by atoms with Crippen LogP contribution in [-0.2, 0) is 23.0 Å². The van der Waals surface area contributed by atoms with Crippen molar-refractivity contribution in [2.75, 3.05) is 0 Å². The van der Waals surface area contributed by atoms with Crippen molar-refractivity contribution >= 4 is 27.2 Å². The number of thiocarbonyl (C=S) groups is 1. The summed E-state index contributed by atoms with van der Waals surface area (Å²) < 4.78 is 26.9.